The van der Waals surface area contributed by atoms with Gasteiger partial charge in [0.15, 0.2) is 6.23 Å². The molecule has 40 heavy (non-hydrogen) atoms. The normalized spacial score (nSPS) is 23.7. The SMILES string of the molecule is CN[C@@H](C)C(=O)N[C@H](C(=O)N1CCN(CC2CCCCC2)C[C@@H]1OC(=O)NC1CCCc2ccccc21)C(C)C. The van der Waals surface area contributed by atoms with Crippen molar-refractivity contribution in [3.8, 4) is 0 Å². The van der Waals surface area contributed by atoms with E-state index in [1.165, 1.54) is 37.7 Å². The van der Waals surface area contributed by atoms with Crippen molar-refractivity contribution < 1.29 is 19.1 Å². The standard InChI is InChI=1S/C31H49N5O4/c1-21(2)28(34-29(37)22(3)32-4)30(38)36-18-17-35(19-23-11-6-5-7-12-23)20-27(36)40-31(39)33-26-16-10-14-24-13-8-9-15-25(24)26/h8-9,13,15,21-23,26-28,32H,5-7,10-12,14,16-20H2,1-4H3,(H,33,39)(H,34,37)/t22-,26?,27-,28-/m0/s1. The van der Waals surface area contributed by atoms with Crippen LogP contribution in [0.25, 0.3) is 0 Å². The maximum atomic E-state index is 13.9. The molecule has 0 bridgehead atoms. The summed E-state index contributed by atoms with van der Waals surface area (Å²) in [6.45, 7) is 8.24. The molecule has 4 rings (SSSR count). The topological polar surface area (TPSA) is 103 Å². The summed E-state index contributed by atoms with van der Waals surface area (Å²) >= 11 is 0. The summed E-state index contributed by atoms with van der Waals surface area (Å²) in [5, 5.41) is 8.95. The van der Waals surface area contributed by atoms with Gasteiger partial charge in [-0.2, -0.15) is 0 Å². The van der Waals surface area contributed by atoms with Crippen LogP contribution in [0.1, 0.15) is 82.9 Å². The Morgan fingerprint density at radius 2 is 1.75 bits per heavy atom. The van der Waals surface area contributed by atoms with Gasteiger partial charge >= 0.3 is 6.09 Å². The van der Waals surface area contributed by atoms with Crippen LogP contribution >= 0.6 is 0 Å². The van der Waals surface area contributed by atoms with Crippen molar-refractivity contribution in [2.45, 2.75) is 96.5 Å². The van der Waals surface area contributed by atoms with Crippen LogP contribution in [0, 0.1) is 11.8 Å². The van der Waals surface area contributed by atoms with Crippen LogP contribution in [0.15, 0.2) is 24.3 Å². The van der Waals surface area contributed by atoms with Gasteiger partial charge in [-0.15, -0.1) is 0 Å². The molecule has 1 aliphatic heterocycles. The van der Waals surface area contributed by atoms with Gasteiger partial charge in [0.1, 0.15) is 6.04 Å². The van der Waals surface area contributed by atoms with Crippen molar-refractivity contribution in [2.24, 2.45) is 11.8 Å². The third-order valence-electron chi connectivity index (χ3n) is 8.90. The zero-order valence-electron chi connectivity index (χ0n) is 24.8. The second-order valence-corrected chi connectivity index (χ2v) is 12.2. The van der Waals surface area contributed by atoms with Gasteiger partial charge in [-0.25, -0.2) is 4.79 Å². The van der Waals surface area contributed by atoms with Crippen LogP contribution in [0.3, 0.4) is 0 Å². The highest BCUT2D eigenvalue weighted by Gasteiger charge is 2.39. The molecule has 1 heterocycles. The van der Waals surface area contributed by atoms with Gasteiger partial charge in [0, 0.05) is 19.6 Å². The lowest BCUT2D eigenvalue weighted by atomic mass is 9.88. The molecule has 9 heteroatoms. The van der Waals surface area contributed by atoms with E-state index in [-0.39, 0.29) is 23.8 Å². The van der Waals surface area contributed by atoms with Crippen molar-refractivity contribution in [3.63, 3.8) is 0 Å². The van der Waals surface area contributed by atoms with E-state index in [0.29, 0.717) is 19.0 Å². The number of benzene rings is 1. The highest BCUT2D eigenvalue weighted by Crippen LogP contribution is 2.30. The summed E-state index contributed by atoms with van der Waals surface area (Å²) < 4.78 is 6.05. The number of ether oxygens (including phenoxy) is 1. The molecular formula is C31H49N5O4. The summed E-state index contributed by atoms with van der Waals surface area (Å²) in [7, 11) is 1.72. The first-order valence-corrected chi connectivity index (χ1v) is 15.3. The number of carbonyl (C=O) groups excluding carboxylic acids is 3. The van der Waals surface area contributed by atoms with Crippen LogP contribution < -0.4 is 16.0 Å². The quantitative estimate of drug-likeness (QED) is 0.430. The van der Waals surface area contributed by atoms with Crippen molar-refractivity contribution in [1.82, 2.24) is 25.8 Å². The Balaban J connectivity index is 1.47. The summed E-state index contributed by atoms with van der Waals surface area (Å²) in [6, 6.07) is 7.01. The maximum absolute atomic E-state index is 13.9. The second kappa shape index (κ2) is 14.3. The minimum Gasteiger partial charge on any atom is -0.424 e. The molecule has 1 saturated heterocycles. The number of fused-ring (bicyclic) bond motifs is 1. The summed E-state index contributed by atoms with van der Waals surface area (Å²) in [6.07, 6.45) is 7.98. The molecule has 1 aromatic rings. The highest BCUT2D eigenvalue weighted by molar-refractivity contribution is 5.90. The maximum Gasteiger partial charge on any atom is 0.409 e. The lowest BCUT2D eigenvalue weighted by Crippen LogP contribution is -2.63. The molecule has 1 unspecified atom stereocenters. The number of alkyl carbamates (subject to hydrolysis) is 1. The van der Waals surface area contributed by atoms with Crippen LogP contribution in [0.4, 0.5) is 4.79 Å². The third-order valence-corrected chi connectivity index (χ3v) is 8.90. The van der Waals surface area contributed by atoms with Gasteiger partial charge in [0.25, 0.3) is 0 Å². The molecule has 3 amide bonds. The predicted molar refractivity (Wildman–Crippen MR) is 156 cm³/mol. The Bertz CT molecular complexity index is 1010. The van der Waals surface area contributed by atoms with E-state index in [4.69, 9.17) is 4.74 Å². The average Bonchev–Trinajstić information content (AvgIpc) is 2.95. The number of carbonyl (C=O) groups is 3. The summed E-state index contributed by atoms with van der Waals surface area (Å²) in [4.78, 5) is 43.9. The number of nitrogens with zero attached hydrogens (tertiary/aromatic N) is 2. The van der Waals surface area contributed by atoms with Crippen molar-refractivity contribution >= 4 is 17.9 Å². The van der Waals surface area contributed by atoms with Crippen molar-refractivity contribution in [2.75, 3.05) is 33.2 Å². The van der Waals surface area contributed by atoms with Crippen LogP contribution in [-0.2, 0) is 20.7 Å². The molecule has 1 saturated carbocycles. The van der Waals surface area contributed by atoms with E-state index in [2.05, 4.69) is 33.0 Å². The van der Waals surface area contributed by atoms with E-state index in [9.17, 15) is 14.4 Å². The highest BCUT2D eigenvalue weighted by atomic mass is 16.6. The number of rotatable bonds is 9. The molecule has 2 fully saturated rings. The number of nitrogens with one attached hydrogen (secondary N) is 3. The van der Waals surface area contributed by atoms with Crippen LogP contribution in [0.5, 0.6) is 0 Å². The lowest BCUT2D eigenvalue weighted by Gasteiger charge is -2.43. The minimum absolute atomic E-state index is 0.103. The van der Waals surface area contributed by atoms with Gasteiger partial charge in [0.05, 0.1) is 18.6 Å². The minimum atomic E-state index is -0.719. The fourth-order valence-corrected chi connectivity index (χ4v) is 6.36. The Labute approximate surface area is 239 Å². The number of hydrogen-bond acceptors (Lipinski definition) is 6. The summed E-state index contributed by atoms with van der Waals surface area (Å²) in [5.41, 5.74) is 2.40. The molecule has 2 aliphatic carbocycles. The zero-order chi connectivity index (χ0) is 28.6. The van der Waals surface area contributed by atoms with Crippen LogP contribution in [0.2, 0.25) is 0 Å². The Hall–Kier alpha value is -2.65. The molecule has 0 spiro atoms. The molecule has 0 aromatic heterocycles. The molecule has 3 aliphatic rings. The van der Waals surface area contributed by atoms with E-state index in [1.807, 2.05) is 26.0 Å². The van der Waals surface area contributed by atoms with Gasteiger partial charge in [-0.3, -0.25) is 14.5 Å². The number of likely N-dealkylation sites (N-methyl/N-ethyl adjacent to an activating group) is 1. The van der Waals surface area contributed by atoms with Crippen molar-refractivity contribution in [3.05, 3.63) is 35.4 Å². The predicted octanol–water partition coefficient (Wildman–Crippen LogP) is 3.59. The third kappa shape index (κ3) is 7.75. The zero-order valence-corrected chi connectivity index (χ0v) is 24.8. The van der Waals surface area contributed by atoms with E-state index < -0.39 is 24.4 Å². The molecular weight excluding hydrogens is 506 g/mol. The molecule has 9 nitrogen and oxygen atoms in total. The Morgan fingerprint density at radius 1 is 1.00 bits per heavy atom. The lowest BCUT2D eigenvalue weighted by molar-refractivity contribution is -0.153. The molecule has 1 aromatic carbocycles. The smallest absolute Gasteiger partial charge is 0.409 e. The van der Waals surface area contributed by atoms with E-state index >= 15 is 0 Å². The Morgan fingerprint density at radius 3 is 2.48 bits per heavy atom. The number of hydrogen-bond donors (Lipinski definition) is 3. The molecule has 222 valence electrons. The first-order chi connectivity index (χ1) is 19.3. The van der Waals surface area contributed by atoms with E-state index in [0.717, 1.165) is 37.9 Å². The van der Waals surface area contributed by atoms with Crippen LogP contribution in [-0.4, -0.2) is 79.2 Å². The molecule has 4 atom stereocenters. The first-order valence-electron chi connectivity index (χ1n) is 15.3. The number of amides is 3. The fraction of sp³-hybridized carbons (Fsp3) is 0.710. The Kier molecular flexibility index (Phi) is 10.8. The van der Waals surface area contributed by atoms with Gasteiger partial charge in [-0.05, 0) is 69.0 Å². The number of piperazine rings is 1. The van der Waals surface area contributed by atoms with Crippen molar-refractivity contribution in [1.29, 1.82) is 0 Å². The first kappa shape index (κ1) is 30.3. The van der Waals surface area contributed by atoms with Gasteiger partial charge < -0.3 is 25.6 Å². The largest absolute Gasteiger partial charge is 0.424 e. The van der Waals surface area contributed by atoms with Gasteiger partial charge in [0.2, 0.25) is 11.8 Å². The number of aryl methyl sites for hydroxylation is 1. The monoisotopic (exact) mass is 555 g/mol. The van der Waals surface area contributed by atoms with E-state index in [1.54, 1.807) is 18.9 Å². The molecule has 3 N–H and O–H groups in total. The fourth-order valence-electron chi connectivity index (χ4n) is 6.36. The summed E-state index contributed by atoms with van der Waals surface area (Å²) in [5.74, 6) is 0.102. The second-order valence-electron chi connectivity index (χ2n) is 12.2. The van der Waals surface area contributed by atoms with Gasteiger partial charge in [-0.1, -0.05) is 57.4 Å². The average molecular weight is 556 g/mol. The molecule has 0 radical (unpaired) electrons.